The molecule has 4 aromatic rings. The van der Waals surface area contributed by atoms with Gasteiger partial charge in [-0.1, -0.05) is 84.9 Å². The fourth-order valence-corrected chi connectivity index (χ4v) is 4.96. The quantitative estimate of drug-likeness (QED) is 0.362. The number of unbranched alkanes of at least 4 members (excludes halogenated alkanes) is 1. The van der Waals surface area contributed by atoms with Gasteiger partial charge < -0.3 is 5.32 Å². The Kier molecular flexibility index (Phi) is 6.50. The van der Waals surface area contributed by atoms with Crippen LogP contribution in [-0.2, 0) is 6.42 Å². The minimum absolute atomic E-state index is 0.00909. The molecule has 1 amide bonds. The summed E-state index contributed by atoms with van der Waals surface area (Å²) in [6, 6.07) is 34.0. The number of carbonyl (C=O) groups excluding carboxylic acids is 1. The molecule has 33 heavy (non-hydrogen) atoms. The third-order valence-corrected chi connectivity index (χ3v) is 6.67. The standard InChI is InChI=1S/C30H30N2O/c33-30(27-17-16-23-10-4-5-14-26(23)22-27)31-19-8-9-20-32-21-18-24-11-6-7-15-28(24)29(32)25-12-2-1-3-13-25/h1-7,10-17,22,29H,8-9,18-21H2,(H,31,33)/t29-/m0/s1. The molecule has 3 nitrogen and oxygen atoms in total. The predicted octanol–water partition coefficient (Wildman–Crippen LogP) is 6.00. The van der Waals surface area contributed by atoms with E-state index in [1.54, 1.807) is 0 Å². The van der Waals surface area contributed by atoms with Gasteiger partial charge in [-0.2, -0.15) is 0 Å². The zero-order valence-electron chi connectivity index (χ0n) is 18.9. The van der Waals surface area contributed by atoms with Crippen LogP contribution in [0.15, 0.2) is 97.1 Å². The molecule has 0 radical (unpaired) electrons. The van der Waals surface area contributed by atoms with Crippen molar-refractivity contribution in [1.82, 2.24) is 10.2 Å². The highest BCUT2D eigenvalue weighted by molar-refractivity contribution is 5.98. The van der Waals surface area contributed by atoms with Gasteiger partial charge in [-0.25, -0.2) is 0 Å². The van der Waals surface area contributed by atoms with E-state index in [1.165, 1.54) is 16.7 Å². The lowest BCUT2D eigenvalue weighted by Crippen LogP contribution is -2.37. The first-order valence-electron chi connectivity index (χ1n) is 11.9. The maximum Gasteiger partial charge on any atom is 0.251 e. The molecular weight excluding hydrogens is 404 g/mol. The van der Waals surface area contributed by atoms with Crippen LogP contribution in [0.4, 0.5) is 0 Å². The molecule has 166 valence electrons. The van der Waals surface area contributed by atoms with Gasteiger partial charge in [-0.3, -0.25) is 9.69 Å². The number of nitrogens with zero attached hydrogens (tertiary/aromatic N) is 1. The molecular formula is C30H30N2O. The molecule has 1 atom stereocenters. The van der Waals surface area contributed by atoms with Crippen molar-refractivity contribution in [2.45, 2.75) is 25.3 Å². The van der Waals surface area contributed by atoms with E-state index in [2.05, 4.69) is 70.9 Å². The van der Waals surface area contributed by atoms with E-state index in [1.807, 2.05) is 36.4 Å². The van der Waals surface area contributed by atoms with Gasteiger partial charge in [0.25, 0.3) is 5.91 Å². The Bertz CT molecular complexity index is 1230. The Labute approximate surface area is 196 Å². The van der Waals surface area contributed by atoms with E-state index in [4.69, 9.17) is 0 Å². The third-order valence-electron chi connectivity index (χ3n) is 6.67. The molecule has 5 rings (SSSR count). The summed E-state index contributed by atoms with van der Waals surface area (Å²) in [6.45, 7) is 2.80. The van der Waals surface area contributed by atoms with Gasteiger partial charge in [0.2, 0.25) is 0 Å². The summed E-state index contributed by atoms with van der Waals surface area (Å²) in [6.07, 6.45) is 3.13. The first-order valence-corrected chi connectivity index (χ1v) is 11.9. The van der Waals surface area contributed by atoms with Crippen LogP contribution >= 0.6 is 0 Å². The van der Waals surface area contributed by atoms with Gasteiger partial charge in [-0.15, -0.1) is 0 Å². The number of hydrogen-bond acceptors (Lipinski definition) is 2. The summed E-state index contributed by atoms with van der Waals surface area (Å²) in [7, 11) is 0. The van der Waals surface area contributed by atoms with Gasteiger partial charge in [0, 0.05) is 18.7 Å². The van der Waals surface area contributed by atoms with E-state index in [-0.39, 0.29) is 5.91 Å². The molecule has 1 aliphatic rings. The van der Waals surface area contributed by atoms with Crippen LogP contribution in [0.1, 0.15) is 45.9 Å². The van der Waals surface area contributed by atoms with Crippen molar-refractivity contribution in [2.24, 2.45) is 0 Å². The molecule has 0 fully saturated rings. The number of fused-ring (bicyclic) bond motifs is 2. The summed E-state index contributed by atoms with van der Waals surface area (Å²) in [4.78, 5) is 15.2. The smallest absolute Gasteiger partial charge is 0.251 e. The molecule has 0 aromatic heterocycles. The first kappa shape index (κ1) is 21.4. The van der Waals surface area contributed by atoms with Crippen LogP contribution in [0.2, 0.25) is 0 Å². The average molecular weight is 435 g/mol. The minimum Gasteiger partial charge on any atom is -0.352 e. The van der Waals surface area contributed by atoms with Crippen molar-refractivity contribution in [3.63, 3.8) is 0 Å². The molecule has 1 aliphatic heterocycles. The average Bonchev–Trinajstić information content (AvgIpc) is 2.88. The molecule has 0 unspecified atom stereocenters. The third kappa shape index (κ3) is 4.84. The van der Waals surface area contributed by atoms with Crippen LogP contribution in [0.3, 0.4) is 0 Å². The highest BCUT2D eigenvalue weighted by Crippen LogP contribution is 2.35. The Morgan fingerprint density at radius 2 is 1.58 bits per heavy atom. The van der Waals surface area contributed by atoms with Crippen LogP contribution in [0.25, 0.3) is 10.8 Å². The molecule has 0 saturated carbocycles. The fourth-order valence-electron chi connectivity index (χ4n) is 4.96. The molecule has 0 saturated heterocycles. The Morgan fingerprint density at radius 3 is 2.45 bits per heavy atom. The van der Waals surface area contributed by atoms with Crippen LogP contribution < -0.4 is 5.32 Å². The molecule has 0 aliphatic carbocycles. The summed E-state index contributed by atoms with van der Waals surface area (Å²) in [5.41, 5.74) is 4.98. The minimum atomic E-state index is 0.00909. The second-order valence-electron chi connectivity index (χ2n) is 8.82. The molecule has 0 bridgehead atoms. The first-order chi connectivity index (χ1) is 16.3. The van der Waals surface area contributed by atoms with Crippen molar-refractivity contribution < 1.29 is 4.79 Å². The Hall–Kier alpha value is -3.43. The van der Waals surface area contributed by atoms with Gasteiger partial charge >= 0.3 is 0 Å². The molecule has 0 spiro atoms. The second kappa shape index (κ2) is 10.0. The monoisotopic (exact) mass is 434 g/mol. The maximum absolute atomic E-state index is 12.6. The number of benzene rings is 4. The van der Waals surface area contributed by atoms with Gasteiger partial charge in [0.1, 0.15) is 0 Å². The lowest BCUT2D eigenvalue weighted by molar-refractivity contribution is 0.0952. The van der Waals surface area contributed by atoms with Crippen molar-refractivity contribution in [1.29, 1.82) is 0 Å². The Morgan fingerprint density at radius 1 is 0.818 bits per heavy atom. The second-order valence-corrected chi connectivity index (χ2v) is 8.82. The molecule has 4 aromatic carbocycles. The van der Waals surface area contributed by atoms with E-state index in [9.17, 15) is 4.79 Å². The summed E-state index contributed by atoms with van der Waals surface area (Å²) >= 11 is 0. The number of nitrogens with one attached hydrogen (secondary N) is 1. The fraction of sp³-hybridized carbons (Fsp3) is 0.233. The normalized spacial score (nSPS) is 15.8. The van der Waals surface area contributed by atoms with Crippen molar-refractivity contribution in [3.05, 3.63) is 119 Å². The molecule has 1 N–H and O–H groups in total. The van der Waals surface area contributed by atoms with Crippen molar-refractivity contribution >= 4 is 16.7 Å². The number of rotatable bonds is 7. The number of amides is 1. The van der Waals surface area contributed by atoms with Crippen LogP contribution in [-0.4, -0.2) is 30.4 Å². The predicted molar refractivity (Wildman–Crippen MR) is 136 cm³/mol. The van der Waals surface area contributed by atoms with Crippen LogP contribution in [0, 0.1) is 0 Å². The lowest BCUT2D eigenvalue weighted by Gasteiger charge is -2.38. The topological polar surface area (TPSA) is 32.3 Å². The summed E-state index contributed by atoms with van der Waals surface area (Å²) in [5, 5.41) is 5.36. The lowest BCUT2D eigenvalue weighted by atomic mass is 9.88. The number of hydrogen-bond donors (Lipinski definition) is 1. The highest BCUT2D eigenvalue weighted by atomic mass is 16.1. The van der Waals surface area contributed by atoms with E-state index >= 15 is 0 Å². The Balaban J connectivity index is 1.17. The van der Waals surface area contributed by atoms with Crippen molar-refractivity contribution in [3.8, 4) is 0 Å². The van der Waals surface area contributed by atoms with Gasteiger partial charge in [0.15, 0.2) is 0 Å². The summed E-state index contributed by atoms with van der Waals surface area (Å²) in [5.74, 6) is 0.00909. The van der Waals surface area contributed by atoms with Crippen LogP contribution in [0.5, 0.6) is 0 Å². The van der Waals surface area contributed by atoms with Crippen molar-refractivity contribution in [2.75, 3.05) is 19.6 Å². The van der Waals surface area contributed by atoms with E-state index < -0.39 is 0 Å². The summed E-state index contributed by atoms with van der Waals surface area (Å²) < 4.78 is 0. The van der Waals surface area contributed by atoms with Gasteiger partial charge in [-0.05, 0) is 65.4 Å². The largest absolute Gasteiger partial charge is 0.352 e. The van der Waals surface area contributed by atoms with E-state index in [0.717, 1.165) is 48.7 Å². The number of carbonyl (C=O) groups is 1. The SMILES string of the molecule is O=C(NCCCCN1CCc2ccccc2[C@@H]1c1ccccc1)c1ccc2ccccc2c1. The molecule has 1 heterocycles. The van der Waals surface area contributed by atoms with Gasteiger partial charge in [0.05, 0.1) is 6.04 Å². The highest BCUT2D eigenvalue weighted by Gasteiger charge is 2.27. The molecule has 3 heteroatoms. The maximum atomic E-state index is 12.6. The zero-order valence-corrected chi connectivity index (χ0v) is 18.9. The van der Waals surface area contributed by atoms with E-state index in [0.29, 0.717) is 12.6 Å². The zero-order chi connectivity index (χ0) is 22.5.